The minimum Gasteiger partial charge on any atom is -0.481 e. The number of nitrogens with zero attached hydrogens (tertiary/aromatic N) is 1. The highest BCUT2D eigenvalue weighted by atomic mass is 32.2. The van der Waals surface area contributed by atoms with Crippen LogP contribution in [0.3, 0.4) is 0 Å². The third-order valence-corrected chi connectivity index (χ3v) is 3.68. The zero-order valence-electron chi connectivity index (χ0n) is 12.3. The first-order chi connectivity index (χ1) is 9.25. The van der Waals surface area contributed by atoms with Gasteiger partial charge in [0, 0.05) is 22.5 Å². The Hall–Kier alpha value is -1.49. The van der Waals surface area contributed by atoms with Crippen molar-refractivity contribution in [2.24, 2.45) is 0 Å². The summed E-state index contributed by atoms with van der Waals surface area (Å²) in [5.74, 6) is -1.03. The molecule has 0 bridgehead atoms. The van der Waals surface area contributed by atoms with Crippen LogP contribution in [0, 0.1) is 0 Å². The van der Waals surface area contributed by atoms with Crippen molar-refractivity contribution >= 4 is 23.6 Å². The minimum absolute atomic E-state index is 0.0497. The molecule has 110 valence electrons. The van der Waals surface area contributed by atoms with Crippen molar-refractivity contribution in [3.63, 3.8) is 0 Å². The molecule has 0 saturated heterocycles. The van der Waals surface area contributed by atoms with E-state index in [1.165, 1.54) is 0 Å². The highest BCUT2D eigenvalue weighted by Gasteiger charge is 2.27. The van der Waals surface area contributed by atoms with Crippen molar-refractivity contribution in [2.45, 2.75) is 37.6 Å². The van der Waals surface area contributed by atoms with E-state index in [1.54, 1.807) is 28.8 Å². The van der Waals surface area contributed by atoms with E-state index in [1.807, 2.05) is 39.2 Å². The van der Waals surface area contributed by atoms with Crippen LogP contribution in [-0.4, -0.2) is 40.2 Å². The molecule has 4 nitrogen and oxygen atoms in total. The molecule has 1 aromatic carbocycles. The van der Waals surface area contributed by atoms with Crippen LogP contribution in [0.25, 0.3) is 0 Å². The summed E-state index contributed by atoms with van der Waals surface area (Å²) in [6.07, 6.45) is 1.93. The average molecular weight is 295 g/mol. The van der Waals surface area contributed by atoms with E-state index in [9.17, 15) is 9.59 Å². The van der Waals surface area contributed by atoms with Crippen LogP contribution in [0.1, 0.15) is 37.6 Å². The van der Waals surface area contributed by atoms with E-state index < -0.39 is 11.5 Å². The standard InChI is InChI=1S/C15H21NO3S/c1-15(2,3)16(10-9-13(17)18)14(19)11-5-7-12(20-4)8-6-11/h5-8H,9-10H2,1-4H3,(H,17,18). The molecule has 0 saturated carbocycles. The third kappa shape index (κ3) is 4.56. The van der Waals surface area contributed by atoms with E-state index in [0.29, 0.717) is 5.56 Å². The van der Waals surface area contributed by atoms with Gasteiger partial charge in [0.1, 0.15) is 0 Å². The first-order valence-corrected chi connectivity index (χ1v) is 7.66. The fourth-order valence-corrected chi connectivity index (χ4v) is 2.25. The van der Waals surface area contributed by atoms with Gasteiger partial charge in [-0.15, -0.1) is 11.8 Å². The number of rotatable bonds is 5. The van der Waals surface area contributed by atoms with Crippen molar-refractivity contribution in [3.8, 4) is 0 Å². The molecule has 0 heterocycles. The molecule has 1 amide bonds. The Kier molecular flexibility index (Phi) is 5.62. The molecule has 5 heteroatoms. The summed E-state index contributed by atoms with van der Waals surface area (Å²) in [6.45, 7) is 5.93. The molecule has 1 rings (SSSR count). The topological polar surface area (TPSA) is 57.6 Å². The Labute approximate surface area is 124 Å². The van der Waals surface area contributed by atoms with Crippen LogP contribution in [0.2, 0.25) is 0 Å². The summed E-state index contributed by atoms with van der Waals surface area (Å²) in [6, 6.07) is 7.37. The molecule has 0 fully saturated rings. The zero-order chi connectivity index (χ0) is 15.3. The van der Waals surface area contributed by atoms with Gasteiger partial charge < -0.3 is 10.0 Å². The fourth-order valence-electron chi connectivity index (χ4n) is 1.84. The first-order valence-electron chi connectivity index (χ1n) is 6.43. The van der Waals surface area contributed by atoms with Crippen molar-refractivity contribution in [1.29, 1.82) is 0 Å². The van der Waals surface area contributed by atoms with Crippen LogP contribution >= 0.6 is 11.8 Å². The molecule has 0 aliphatic rings. The summed E-state index contributed by atoms with van der Waals surface area (Å²) in [4.78, 5) is 26.0. The third-order valence-electron chi connectivity index (χ3n) is 2.94. The molecule has 0 spiro atoms. The number of carboxylic acids is 1. The van der Waals surface area contributed by atoms with Crippen LogP contribution in [0.15, 0.2) is 29.2 Å². The van der Waals surface area contributed by atoms with Crippen molar-refractivity contribution in [3.05, 3.63) is 29.8 Å². The normalized spacial score (nSPS) is 11.2. The zero-order valence-corrected chi connectivity index (χ0v) is 13.2. The maximum absolute atomic E-state index is 12.5. The lowest BCUT2D eigenvalue weighted by Gasteiger charge is -2.35. The van der Waals surface area contributed by atoms with Gasteiger partial charge in [0.05, 0.1) is 6.42 Å². The Morgan fingerprint density at radius 3 is 2.15 bits per heavy atom. The summed E-state index contributed by atoms with van der Waals surface area (Å²) in [5.41, 5.74) is 0.174. The Bertz CT molecular complexity index is 477. The Balaban J connectivity index is 2.94. The van der Waals surface area contributed by atoms with Gasteiger partial charge in [-0.3, -0.25) is 9.59 Å². The number of thioether (sulfide) groups is 1. The number of carbonyl (C=O) groups is 2. The Morgan fingerprint density at radius 1 is 1.20 bits per heavy atom. The van der Waals surface area contributed by atoms with E-state index in [4.69, 9.17) is 5.11 Å². The van der Waals surface area contributed by atoms with Crippen molar-refractivity contribution < 1.29 is 14.7 Å². The molecular weight excluding hydrogens is 274 g/mol. The molecule has 0 atom stereocenters. The summed E-state index contributed by atoms with van der Waals surface area (Å²) < 4.78 is 0. The number of aliphatic carboxylic acids is 1. The van der Waals surface area contributed by atoms with Gasteiger partial charge in [0.25, 0.3) is 5.91 Å². The van der Waals surface area contributed by atoms with Gasteiger partial charge in [-0.2, -0.15) is 0 Å². The average Bonchev–Trinajstić information content (AvgIpc) is 2.37. The maximum atomic E-state index is 12.5. The predicted octanol–water partition coefficient (Wildman–Crippen LogP) is 3.12. The second-order valence-electron chi connectivity index (χ2n) is 5.50. The monoisotopic (exact) mass is 295 g/mol. The van der Waals surface area contributed by atoms with Crippen LogP contribution < -0.4 is 0 Å². The summed E-state index contributed by atoms with van der Waals surface area (Å²) >= 11 is 1.61. The van der Waals surface area contributed by atoms with Crippen LogP contribution in [0.4, 0.5) is 0 Å². The number of carboxylic acid groups (broad SMARTS) is 1. The van der Waals surface area contributed by atoms with E-state index >= 15 is 0 Å². The molecule has 0 aliphatic carbocycles. The molecule has 20 heavy (non-hydrogen) atoms. The van der Waals surface area contributed by atoms with Crippen LogP contribution in [0.5, 0.6) is 0 Å². The first kappa shape index (κ1) is 16.6. The second-order valence-corrected chi connectivity index (χ2v) is 6.38. The largest absolute Gasteiger partial charge is 0.481 e. The summed E-state index contributed by atoms with van der Waals surface area (Å²) in [5, 5.41) is 8.81. The van der Waals surface area contributed by atoms with E-state index in [-0.39, 0.29) is 18.9 Å². The van der Waals surface area contributed by atoms with Crippen molar-refractivity contribution in [2.75, 3.05) is 12.8 Å². The SMILES string of the molecule is CSc1ccc(C(=O)N(CCC(=O)O)C(C)(C)C)cc1. The number of benzene rings is 1. The molecule has 1 N–H and O–H groups in total. The smallest absolute Gasteiger partial charge is 0.305 e. The molecule has 0 radical (unpaired) electrons. The summed E-state index contributed by atoms with van der Waals surface area (Å²) in [7, 11) is 0. The number of carbonyl (C=O) groups excluding carboxylic acids is 1. The highest BCUT2D eigenvalue weighted by Crippen LogP contribution is 2.20. The number of amides is 1. The lowest BCUT2D eigenvalue weighted by atomic mass is 10.0. The van der Waals surface area contributed by atoms with E-state index in [0.717, 1.165) is 4.90 Å². The molecule has 0 aliphatic heterocycles. The number of hydrogen-bond donors (Lipinski definition) is 1. The predicted molar refractivity (Wildman–Crippen MR) is 81.3 cm³/mol. The maximum Gasteiger partial charge on any atom is 0.305 e. The number of hydrogen-bond acceptors (Lipinski definition) is 3. The molecule has 0 unspecified atom stereocenters. The molecule has 0 aromatic heterocycles. The highest BCUT2D eigenvalue weighted by molar-refractivity contribution is 7.98. The van der Waals surface area contributed by atoms with Gasteiger partial charge in [0.2, 0.25) is 0 Å². The van der Waals surface area contributed by atoms with Gasteiger partial charge in [0.15, 0.2) is 0 Å². The van der Waals surface area contributed by atoms with Crippen LogP contribution in [-0.2, 0) is 4.79 Å². The molecule has 1 aromatic rings. The Morgan fingerprint density at radius 2 is 1.75 bits per heavy atom. The fraction of sp³-hybridized carbons (Fsp3) is 0.467. The van der Waals surface area contributed by atoms with E-state index in [2.05, 4.69) is 0 Å². The van der Waals surface area contributed by atoms with Gasteiger partial charge >= 0.3 is 5.97 Å². The van der Waals surface area contributed by atoms with Gasteiger partial charge in [-0.25, -0.2) is 0 Å². The quantitative estimate of drug-likeness (QED) is 0.848. The van der Waals surface area contributed by atoms with Gasteiger partial charge in [-0.1, -0.05) is 0 Å². The lowest BCUT2D eigenvalue weighted by Crippen LogP contribution is -2.46. The lowest BCUT2D eigenvalue weighted by molar-refractivity contribution is -0.137. The van der Waals surface area contributed by atoms with Crippen molar-refractivity contribution in [1.82, 2.24) is 4.90 Å². The second kappa shape index (κ2) is 6.79. The minimum atomic E-state index is -0.898. The van der Waals surface area contributed by atoms with Gasteiger partial charge in [-0.05, 0) is 51.3 Å². The molecular formula is C15H21NO3S.